The van der Waals surface area contributed by atoms with Crippen LogP contribution in [0.1, 0.15) is 11.6 Å². The predicted molar refractivity (Wildman–Crippen MR) is 75.8 cm³/mol. The van der Waals surface area contributed by atoms with Crippen molar-refractivity contribution in [3.05, 3.63) is 37.6 Å². The summed E-state index contributed by atoms with van der Waals surface area (Å²) < 4.78 is 15.1. The maximum Gasteiger partial charge on any atom is 0.328 e. The standard InChI is InChI=1S/C12H14BrFN2O5/c13-2-1-5-3-16(12(21)15-11(5)20)8-7(14)6(4-17)9(18)10(8)19/h1-3,6-10,17-19H,4H2,(H,15,20,21)/t6-,7+,8+,9?,10?/m0/s1. The van der Waals surface area contributed by atoms with Gasteiger partial charge in [-0.2, -0.15) is 0 Å². The summed E-state index contributed by atoms with van der Waals surface area (Å²) in [4.78, 5) is 26.8. The summed E-state index contributed by atoms with van der Waals surface area (Å²) >= 11 is 2.98. The fourth-order valence-electron chi connectivity index (χ4n) is 2.52. The second kappa shape index (κ2) is 6.22. The van der Waals surface area contributed by atoms with E-state index in [-0.39, 0.29) is 5.56 Å². The van der Waals surface area contributed by atoms with Gasteiger partial charge in [0.05, 0.1) is 24.3 Å². The third-order valence-corrected chi connectivity index (χ3v) is 3.91. The van der Waals surface area contributed by atoms with Crippen molar-refractivity contribution in [1.29, 1.82) is 0 Å². The van der Waals surface area contributed by atoms with Gasteiger partial charge in [-0.3, -0.25) is 14.3 Å². The largest absolute Gasteiger partial charge is 0.396 e. The molecule has 1 fully saturated rings. The molecule has 0 aromatic carbocycles. The quantitative estimate of drug-likeness (QED) is 0.556. The summed E-state index contributed by atoms with van der Waals surface area (Å²) in [6.45, 7) is -0.665. The molecule has 0 aliphatic heterocycles. The molecule has 21 heavy (non-hydrogen) atoms. The summed E-state index contributed by atoms with van der Waals surface area (Å²) in [5.74, 6) is -1.20. The van der Waals surface area contributed by atoms with Gasteiger partial charge in [-0.05, 0) is 11.1 Å². The lowest BCUT2D eigenvalue weighted by Gasteiger charge is -2.20. The highest BCUT2D eigenvalue weighted by atomic mass is 79.9. The number of rotatable bonds is 3. The topological polar surface area (TPSA) is 116 Å². The van der Waals surface area contributed by atoms with Gasteiger partial charge in [0.1, 0.15) is 12.3 Å². The monoisotopic (exact) mass is 364 g/mol. The molecule has 1 aliphatic carbocycles. The maximum atomic E-state index is 14.3. The van der Waals surface area contributed by atoms with E-state index in [1.807, 2.05) is 4.98 Å². The molecule has 1 aromatic heterocycles. The lowest BCUT2D eigenvalue weighted by Crippen LogP contribution is -2.39. The molecule has 2 unspecified atom stereocenters. The fraction of sp³-hybridized carbons (Fsp3) is 0.500. The van der Waals surface area contributed by atoms with Crippen molar-refractivity contribution in [3.63, 3.8) is 0 Å². The van der Waals surface area contributed by atoms with Crippen molar-refractivity contribution in [2.24, 2.45) is 5.92 Å². The molecule has 1 aliphatic rings. The Bertz CT molecular complexity index is 658. The second-order valence-corrected chi connectivity index (χ2v) is 5.33. The van der Waals surface area contributed by atoms with Crippen LogP contribution < -0.4 is 11.2 Å². The Kier molecular flexibility index (Phi) is 4.77. The van der Waals surface area contributed by atoms with Crippen molar-refractivity contribution in [2.75, 3.05) is 6.61 Å². The van der Waals surface area contributed by atoms with Crippen LogP contribution in [0.3, 0.4) is 0 Å². The van der Waals surface area contributed by atoms with Crippen molar-refractivity contribution in [1.82, 2.24) is 9.55 Å². The van der Waals surface area contributed by atoms with Crippen LogP contribution in [0, 0.1) is 5.92 Å². The van der Waals surface area contributed by atoms with E-state index in [0.717, 1.165) is 10.8 Å². The molecular formula is C12H14BrFN2O5. The Morgan fingerprint density at radius 1 is 1.38 bits per heavy atom. The maximum absolute atomic E-state index is 14.3. The average molecular weight is 365 g/mol. The number of hydrogen-bond acceptors (Lipinski definition) is 5. The van der Waals surface area contributed by atoms with Crippen LogP contribution in [0.5, 0.6) is 0 Å². The first kappa shape index (κ1) is 16.1. The zero-order chi connectivity index (χ0) is 15.7. The van der Waals surface area contributed by atoms with Crippen molar-refractivity contribution in [2.45, 2.75) is 24.4 Å². The van der Waals surface area contributed by atoms with E-state index >= 15 is 0 Å². The van der Waals surface area contributed by atoms with Crippen LogP contribution in [0.2, 0.25) is 0 Å². The average Bonchev–Trinajstić information content (AvgIpc) is 2.64. The Morgan fingerprint density at radius 3 is 2.57 bits per heavy atom. The molecule has 0 bridgehead atoms. The number of nitrogens with one attached hydrogen (secondary N) is 1. The van der Waals surface area contributed by atoms with Gasteiger partial charge in [0.25, 0.3) is 5.56 Å². The normalized spacial score (nSPS) is 32.9. The van der Waals surface area contributed by atoms with Gasteiger partial charge >= 0.3 is 5.69 Å². The number of aromatic nitrogens is 2. The number of alkyl halides is 1. The van der Waals surface area contributed by atoms with Crippen LogP contribution >= 0.6 is 15.9 Å². The van der Waals surface area contributed by atoms with Crippen molar-refractivity contribution in [3.8, 4) is 0 Å². The van der Waals surface area contributed by atoms with E-state index in [9.17, 15) is 24.2 Å². The van der Waals surface area contributed by atoms with Crippen molar-refractivity contribution >= 4 is 22.0 Å². The highest BCUT2D eigenvalue weighted by Gasteiger charge is 2.51. The van der Waals surface area contributed by atoms with Crippen LogP contribution in [0.15, 0.2) is 20.8 Å². The first-order valence-electron chi connectivity index (χ1n) is 6.15. The summed E-state index contributed by atoms with van der Waals surface area (Å²) in [5, 5.41) is 28.7. The van der Waals surface area contributed by atoms with E-state index < -0.39 is 48.2 Å². The Morgan fingerprint density at radius 2 is 2.05 bits per heavy atom. The molecule has 0 amide bonds. The molecule has 1 saturated carbocycles. The summed E-state index contributed by atoms with van der Waals surface area (Å²) in [6, 6.07) is -1.39. The first-order valence-corrected chi connectivity index (χ1v) is 7.07. The Balaban J connectivity index is 2.54. The minimum atomic E-state index is -1.83. The SMILES string of the molecule is O=c1[nH]c(=O)n([C@H]2C(O)C(O)[C@@H](CO)[C@H]2F)cc1C=CBr. The minimum absolute atomic E-state index is 0.0767. The van der Waals surface area contributed by atoms with Crippen molar-refractivity contribution < 1.29 is 19.7 Å². The van der Waals surface area contributed by atoms with Gasteiger partial charge in [0, 0.05) is 12.1 Å². The summed E-state index contributed by atoms with van der Waals surface area (Å²) in [6.07, 6.45) is -2.44. The molecule has 0 saturated heterocycles. The fourth-order valence-corrected chi connectivity index (χ4v) is 2.81. The molecule has 0 spiro atoms. The smallest absolute Gasteiger partial charge is 0.328 e. The lowest BCUT2D eigenvalue weighted by atomic mass is 10.1. The molecule has 1 aromatic rings. The summed E-state index contributed by atoms with van der Waals surface area (Å²) in [7, 11) is 0. The van der Waals surface area contributed by atoms with E-state index in [2.05, 4.69) is 15.9 Å². The number of aliphatic hydroxyl groups is 3. The van der Waals surface area contributed by atoms with Gasteiger partial charge in [-0.25, -0.2) is 9.18 Å². The molecule has 116 valence electrons. The zero-order valence-corrected chi connectivity index (χ0v) is 12.3. The van der Waals surface area contributed by atoms with Gasteiger partial charge < -0.3 is 15.3 Å². The van der Waals surface area contributed by atoms with Crippen LogP contribution in [-0.4, -0.2) is 49.9 Å². The van der Waals surface area contributed by atoms with Gasteiger partial charge in [0.15, 0.2) is 0 Å². The first-order chi connectivity index (χ1) is 9.92. The molecule has 2 rings (SSSR count). The Hall–Kier alpha value is -1.29. The predicted octanol–water partition coefficient (Wildman–Crippen LogP) is -0.875. The molecule has 0 radical (unpaired) electrons. The third-order valence-electron chi connectivity index (χ3n) is 3.64. The van der Waals surface area contributed by atoms with Crippen LogP contribution in [0.4, 0.5) is 4.39 Å². The highest BCUT2D eigenvalue weighted by molar-refractivity contribution is 9.11. The zero-order valence-electron chi connectivity index (χ0n) is 10.7. The number of nitrogens with zero attached hydrogens (tertiary/aromatic N) is 1. The van der Waals surface area contributed by atoms with E-state index in [1.54, 1.807) is 0 Å². The number of H-pyrrole nitrogens is 1. The van der Waals surface area contributed by atoms with Crippen LogP contribution in [0.25, 0.3) is 6.08 Å². The Labute approximate surface area is 126 Å². The second-order valence-electron chi connectivity index (χ2n) is 4.81. The van der Waals surface area contributed by atoms with E-state index in [0.29, 0.717) is 0 Å². The van der Waals surface area contributed by atoms with E-state index in [1.165, 1.54) is 11.1 Å². The summed E-state index contributed by atoms with van der Waals surface area (Å²) in [5.41, 5.74) is -1.48. The minimum Gasteiger partial charge on any atom is -0.396 e. The van der Waals surface area contributed by atoms with Crippen LogP contribution in [-0.2, 0) is 0 Å². The number of aromatic amines is 1. The number of aliphatic hydroxyl groups excluding tert-OH is 3. The molecule has 4 N–H and O–H groups in total. The molecule has 7 nitrogen and oxygen atoms in total. The highest BCUT2D eigenvalue weighted by Crippen LogP contribution is 2.37. The number of halogens is 2. The van der Waals surface area contributed by atoms with Gasteiger partial charge in [0.2, 0.25) is 0 Å². The molecule has 5 atom stereocenters. The third kappa shape index (κ3) is 2.73. The molecule has 1 heterocycles. The van der Waals surface area contributed by atoms with Gasteiger partial charge in [-0.1, -0.05) is 15.9 Å². The van der Waals surface area contributed by atoms with Gasteiger partial charge in [-0.15, -0.1) is 0 Å². The molecular weight excluding hydrogens is 351 g/mol. The lowest BCUT2D eigenvalue weighted by molar-refractivity contribution is -0.00561. The van der Waals surface area contributed by atoms with E-state index in [4.69, 9.17) is 5.11 Å². The molecule has 9 heteroatoms. The number of hydrogen-bond donors (Lipinski definition) is 4.